The number of amidine groups is 1. The molecule has 18 heavy (non-hydrogen) atoms. The molecule has 0 saturated carbocycles. The Bertz CT molecular complexity index is 399. The lowest BCUT2D eigenvalue weighted by Crippen LogP contribution is -2.25. The lowest BCUT2D eigenvalue weighted by atomic mass is 9.98. The molecule has 1 fully saturated rings. The fourth-order valence-corrected chi connectivity index (χ4v) is 2.54. The Morgan fingerprint density at radius 1 is 1.44 bits per heavy atom. The summed E-state index contributed by atoms with van der Waals surface area (Å²) in [6, 6.07) is 3.86. The molecule has 0 bridgehead atoms. The molecule has 0 amide bonds. The van der Waals surface area contributed by atoms with Crippen LogP contribution in [-0.4, -0.2) is 23.9 Å². The molecule has 1 aromatic heterocycles. The highest BCUT2D eigenvalue weighted by Gasteiger charge is 2.16. The number of nitrogens with one attached hydrogen (secondary N) is 1. The largest absolute Gasteiger partial charge is 0.384 e. The zero-order valence-corrected chi connectivity index (χ0v) is 11.0. The molecule has 3 N–H and O–H groups in total. The fourth-order valence-electron chi connectivity index (χ4n) is 2.54. The topological polar surface area (TPSA) is 66.0 Å². The molecule has 4 heteroatoms. The van der Waals surface area contributed by atoms with Crippen molar-refractivity contribution in [3.05, 3.63) is 23.9 Å². The van der Waals surface area contributed by atoms with Gasteiger partial charge in [0.05, 0.1) is 0 Å². The third-order valence-electron chi connectivity index (χ3n) is 3.81. The second-order valence-corrected chi connectivity index (χ2v) is 5.01. The highest BCUT2D eigenvalue weighted by atomic mass is 15.2. The summed E-state index contributed by atoms with van der Waals surface area (Å²) in [5.74, 6) is 1.96. The molecule has 1 aliphatic heterocycles. The van der Waals surface area contributed by atoms with E-state index in [2.05, 4.69) is 16.8 Å². The van der Waals surface area contributed by atoms with Gasteiger partial charge in [-0.05, 0) is 37.3 Å². The Morgan fingerprint density at radius 2 is 2.28 bits per heavy atom. The Balaban J connectivity index is 2.04. The van der Waals surface area contributed by atoms with E-state index in [1.807, 2.05) is 12.1 Å². The van der Waals surface area contributed by atoms with Crippen LogP contribution in [0.4, 0.5) is 5.82 Å². The van der Waals surface area contributed by atoms with E-state index in [-0.39, 0.29) is 5.84 Å². The van der Waals surface area contributed by atoms with Crippen LogP contribution in [0.25, 0.3) is 0 Å². The van der Waals surface area contributed by atoms with E-state index < -0.39 is 0 Å². The molecule has 1 saturated heterocycles. The smallest absolute Gasteiger partial charge is 0.128 e. The summed E-state index contributed by atoms with van der Waals surface area (Å²) in [7, 11) is 0. The lowest BCUT2D eigenvalue weighted by molar-refractivity contribution is 0.459. The van der Waals surface area contributed by atoms with Gasteiger partial charge in [-0.15, -0.1) is 0 Å². The van der Waals surface area contributed by atoms with E-state index in [4.69, 9.17) is 11.1 Å². The van der Waals surface area contributed by atoms with E-state index in [1.54, 1.807) is 6.20 Å². The summed E-state index contributed by atoms with van der Waals surface area (Å²) < 4.78 is 0. The molecule has 0 spiro atoms. The molecular formula is C14H22N4. The molecule has 1 atom stereocenters. The Morgan fingerprint density at radius 3 is 2.89 bits per heavy atom. The summed E-state index contributed by atoms with van der Waals surface area (Å²) in [6.45, 7) is 4.45. The number of anilines is 1. The van der Waals surface area contributed by atoms with Gasteiger partial charge in [-0.25, -0.2) is 4.98 Å². The van der Waals surface area contributed by atoms with Gasteiger partial charge in [0, 0.05) is 24.8 Å². The molecule has 1 unspecified atom stereocenters. The highest BCUT2D eigenvalue weighted by molar-refractivity contribution is 5.94. The minimum atomic E-state index is 0.0796. The molecule has 98 valence electrons. The highest BCUT2D eigenvalue weighted by Crippen LogP contribution is 2.23. The molecule has 0 radical (unpaired) electrons. The molecular weight excluding hydrogens is 224 g/mol. The van der Waals surface area contributed by atoms with Crippen LogP contribution in [0.5, 0.6) is 0 Å². The number of aromatic nitrogens is 1. The van der Waals surface area contributed by atoms with Crippen LogP contribution in [-0.2, 0) is 0 Å². The molecule has 0 aliphatic carbocycles. The van der Waals surface area contributed by atoms with Crippen LogP contribution >= 0.6 is 0 Å². The first-order chi connectivity index (χ1) is 8.70. The summed E-state index contributed by atoms with van der Waals surface area (Å²) in [6.07, 6.45) is 6.81. The van der Waals surface area contributed by atoms with Gasteiger partial charge in [-0.1, -0.05) is 13.3 Å². The first-order valence-electron chi connectivity index (χ1n) is 6.76. The second-order valence-electron chi connectivity index (χ2n) is 5.01. The summed E-state index contributed by atoms with van der Waals surface area (Å²) >= 11 is 0. The van der Waals surface area contributed by atoms with Gasteiger partial charge in [0.1, 0.15) is 11.7 Å². The van der Waals surface area contributed by atoms with Crippen LogP contribution in [0.1, 0.15) is 38.2 Å². The SMILES string of the molecule is CCC1CCCN(c2ccc(C(=N)N)cn2)CC1. The molecule has 1 aromatic rings. The number of nitrogen functional groups attached to an aromatic ring is 1. The number of rotatable bonds is 3. The monoisotopic (exact) mass is 246 g/mol. The Kier molecular flexibility index (Phi) is 4.18. The van der Waals surface area contributed by atoms with Gasteiger partial charge in [0.25, 0.3) is 0 Å². The molecule has 1 aliphatic rings. The van der Waals surface area contributed by atoms with Gasteiger partial charge >= 0.3 is 0 Å². The first-order valence-corrected chi connectivity index (χ1v) is 6.76. The van der Waals surface area contributed by atoms with Gasteiger partial charge in [0.2, 0.25) is 0 Å². The predicted octanol–water partition coefficient (Wildman–Crippen LogP) is 2.38. The third-order valence-corrected chi connectivity index (χ3v) is 3.81. The van der Waals surface area contributed by atoms with Crippen LogP contribution < -0.4 is 10.6 Å². The fraction of sp³-hybridized carbons (Fsp3) is 0.571. The molecule has 4 nitrogen and oxygen atoms in total. The average Bonchev–Trinajstić information content (AvgIpc) is 2.64. The van der Waals surface area contributed by atoms with Crippen molar-refractivity contribution < 1.29 is 0 Å². The van der Waals surface area contributed by atoms with Crippen LogP contribution in [0, 0.1) is 11.3 Å². The van der Waals surface area contributed by atoms with Gasteiger partial charge in [-0.2, -0.15) is 0 Å². The van der Waals surface area contributed by atoms with E-state index in [9.17, 15) is 0 Å². The van der Waals surface area contributed by atoms with Crippen LogP contribution in [0.15, 0.2) is 18.3 Å². The standard InChI is InChI=1S/C14H22N4/c1-2-11-4-3-8-18(9-7-11)13-6-5-12(10-17-13)14(15)16/h5-6,10-11H,2-4,7-9H2,1H3,(H3,15,16). The number of hydrogen-bond acceptors (Lipinski definition) is 3. The summed E-state index contributed by atoms with van der Waals surface area (Å²) in [5.41, 5.74) is 6.13. The van der Waals surface area contributed by atoms with E-state index in [1.165, 1.54) is 25.7 Å². The van der Waals surface area contributed by atoms with Crippen molar-refractivity contribution in [2.75, 3.05) is 18.0 Å². The van der Waals surface area contributed by atoms with Crippen molar-refractivity contribution in [3.8, 4) is 0 Å². The summed E-state index contributed by atoms with van der Waals surface area (Å²) in [4.78, 5) is 6.77. The van der Waals surface area contributed by atoms with E-state index in [0.717, 1.165) is 24.8 Å². The minimum absolute atomic E-state index is 0.0796. The zero-order valence-electron chi connectivity index (χ0n) is 11.0. The van der Waals surface area contributed by atoms with Gasteiger partial charge < -0.3 is 10.6 Å². The third kappa shape index (κ3) is 3.00. The van der Waals surface area contributed by atoms with E-state index >= 15 is 0 Å². The van der Waals surface area contributed by atoms with Crippen molar-refractivity contribution in [2.45, 2.75) is 32.6 Å². The van der Waals surface area contributed by atoms with E-state index in [0.29, 0.717) is 5.56 Å². The van der Waals surface area contributed by atoms with Crippen molar-refractivity contribution in [2.24, 2.45) is 11.7 Å². The first kappa shape index (κ1) is 12.9. The second kappa shape index (κ2) is 5.85. The van der Waals surface area contributed by atoms with Crippen molar-refractivity contribution >= 4 is 11.7 Å². The minimum Gasteiger partial charge on any atom is -0.384 e. The zero-order chi connectivity index (χ0) is 13.0. The number of hydrogen-bond donors (Lipinski definition) is 2. The average molecular weight is 246 g/mol. The maximum Gasteiger partial charge on any atom is 0.128 e. The van der Waals surface area contributed by atoms with Crippen molar-refractivity contribution in [1.29, 1.82) is 5.41 Å². The lowest BCUT2D eigenvalue weighted by Gasteiger charge is -2.21. The Hall–Kier alpha value is -1.58. The Labute approximate surface area is 109 Å². The quantitative estimate of drug-likeness (QED) is 0.635. The van der Waals surface area contributed by atoms with Crippen LogP contribution in [0.2, 0.25) is 0 Å². The maximum atomic E-state index is 7.36. The molecule has 0 aromatic carbocycles. The van der Waals surface area contributed by atoms with Crippen LogP contribution in [0.3, 0.4) is 0 Å². The number of nitrogens with zero attached hydrogens (tertiary/aromatic N) is 2. The number of nitrogens with two attached hydrogens (primary N) is 1. The molecule has 2 heterocycles. The van der Waals surface area contributed by atoms with Crippen molar-refractivity contribution in [1.82, 2.24) is 4.98 Å². The van der Waals surface area contributed by atoms with Gasteiger partial charge in [0.15, 0.2) is 0 Å². The maximum absolute atomic E-state index is 7.36. The molecule has 2 rings (SSSR count). The summed E-state index contributed by atoms with van der Waals surface area (Å²) in [5, 5.41) is 7.36. The van der Waals surface area contributed by atoms with Gasteiger partial charge in [-0.3, -0.25) is 5.41 Å². The predicted molar refractivity (Wildman–Crippen MR) is 75.1 cm³/mol. The normalized spacial score (nSPS) is 20.5. The number of pyridine rings is 1. The van der Waals surface area contributed by atoms with Crippen molar-refractivity contribution in [3.63, 3.8) is 0 Å².